The van der Waals surface area contributed by atoms with Crippen LogP contribution in [0.3, 0.4) is 0 Å². The monoisotopic (exact) mass is 221 g/mol. The van der Waals surface area contributed by atoms with Gasteiger partial charge >= 0.3 is 0 Å². The molecule has 0 aliphatic rings. The zero-order chi connectivity index (χ0) is 11.8. The maximum absolute atomic E-state index is 2.23. The van der Waals surface area contributed by atoms with Crippen molar-refractivity contribution >= 4 is 5.52 Å². The fourth-order valence-electron chi connectivity index (χ4n) is 2.12. The van der Waals surface area contributed by atoms with E-state index in [4.69, 9.17) is 0 Å². The van der Waals surface area contributed by atoms with Gasteiger partial charge in [0.2, 0.25) is 0 Å². The van der Waals surface area contributed by atoms with Crippen LogP contribution >= 0.6 is 0 Å². The maximum atomic E-state index is 2.23. The molecule has 3 rings (SSSR count). The van der Waals surface area contributed by atoms with Gasteiger partial charge in [0.25, 0.3) is 0 Å². The minimum atomic E-state index is 1.24. The first-order valence-electron chi connectivity index (χ1n) is 5.88. The first-order chi connectivity index (χ1) is 8.22. The van der Waals surface area contributed by atoms with Crippen molar-refractivity contribution in [3.8, 4) is 11.1 Å². The number of aromatic nitrogens is 1. The van der Waals surface area contributed by atoms with E-state index in [1.807, 2.05) is 0 Å². The largest absolute Gasteiger partial charge is 0.323 e. The van der Waals surface area contributed by atoms with E-state index in [2.05, 4.69) is 73.1 Å². The van der Waals surface area contributed by atoms with Crippen molar-refractivity contribution in [1.82, 2.24) is 4.40 Å². The molecule has 0 aliphatic carbocycles. The van der Waals surface area contributed by atoms with Crippen LogP contribution in [0.15, 0.2) is 54.9 Å². The molecule has 0 amide bonds. The van der Waals surface area contributed by atoms with Gasteiger partial charge in [0.05, 0.1) is 0 Å². The Labute approximate surface area is 101 Å². The number of hydrogen-bond donors (Lipinski definition) is 0. The third kappa shape index (κ3) is 1.84. The summed E-state index contributed by atoms with van der Waals surface area (Å²) in [5, 5.41) is 0. The molecule has 1 heteroatoms. The van der Waals surface area contributed by atoms with Crippen molar-refractivity contribution in [1.29, 1.82) is 0 Å². The molecule has 0 radical (unpaired) electrons. The maximum Gasteiger partial charge on any atom is 0.0456 e. The first-order valence-corrected chi connectivity index (χ1v) is 5.88. The number of fused-ring (bicyclic) bond motifs is 1. The summed E-state index contributed by atoms with van der Waals surface area (Å²) in [4.78, 5) is 0. The lowest BCUT2D eigenvalue weighted by atomic mass is 10.1. The highest BCUT2D eigenvalue weighted by Gasteiger charge is 2.01. The van der Waals surface area contributed by atoms with Crippen LogP contribution in [0.25, 0.3) is 16.6 Å². The van der Waals surface area contributed by atoms with Crippen molar-refractivity contribution in [2.45, 2.75) is 13.8 Å². The molecule has 1 nitrogen and oxygen atoms in total. The van der Waals surface area contributed by atoms with Crippen LogP contribution < -0.4 is 0 Å². The second kappa shape index (κ2) is 3.77. The van der Waals surface area contributed by atoms with Gasteiger partial charge in [-0.05, 0) is 37.1 Å². The van der Waals surface area contributed by atoms with Gasteiger partial charge in [0.15, 0.2) is 0 Å². The standard InChI is InChI=1S/C16H15N/c1-12-3-6-14(7-4-12)15-9-16-8-5-13(2)10-17(16)11-15/h3-11H,1-2H3. The lowest BCUT2D eigenvalue weighted by Gasteiger charge is -1.97. The number of nitrogens with zero attached hydrogens (tertiary/aromatic N) is 1. The summed E-state index contributed by atoms with van der Waals surface area (Å²) in [6, 6.07) is 15.2. The fourth-order valence-corrected chi connectivity index (χ4v) is 2.12. The molecule has 0 spiro atoms. The molecular formula is C16H15N. The van der Waals surface area contributed by atoms with Crippen molar-refractivity contribution in [2.24, 2.45) is 0 Å². The average Bonchev–Trinajstić information content (AvgIpc) is 2.72. The molecule has 0 fully saturated rings. The molecule has 0 saturated heterocycles. The number of benzene rings is 1. The topological polar surface area (TPSA) is 4.41 Å². The fraction of sp³-hybridized carbons (Fsp3) is 0.125. The highest BCUT2D eigenvalue weighted by atomic mass is 14.9. The van der Waals surface area contributed by atoms with E-state index in [9.17, 15) is 0 Å². The summed E-state index contributed by atoms with van der Waals surface area (Å²) >= 11 is 0. The molecule has 0 aliphatic heterocycles. The molecule has 84 valence electrons. The Morgan fingerprint density at radius 2 is 1.41 bits per heavy atom. The van der Waals surface area contributed by atoms with Gasteiger partial charge in [-0.15, -0.1) is 0 Å². The molecule has 0 saturated carbocycles. The van der Waals surface area contributed by atoms with Crippen LogP contribution in [0, 0.1) is 13.8 Å². The van der Waals surface area contributed by atoms with E-state index in [0.717, 1.165) is 0 Å². The lowest BCUT2D eigenvalue weighted by molar-refractivity contribution is 1.17. The van der Waals surface area contributed by atoms with E-state index in [1.165, 1.54) is 27.8 Å². The van der Waals surface area contributed by atoms with Crippen molar-refractivity contribution < 1.29 is 0 Å². The van der Waals surface area contributed by atoms with Gasteiger partial charge in [-0.2, -0.15) is 0 Å². The van der Waals surface area contributed by atoms with Crippen LogP contribution in [0.2, 0.25) is 0 Å². The number of rotatable bonds is 1. The molecule has 2 heterocycles. The quantitative estimate of drug-likeness (QED) is 0.579. The molecule has 17 heavy (non-hydrogen) atoms. The van der Waals surface area contributed by atoms with E-state index in [0.29, 0.717) is 0 Å². The molecule has 0 atom stereocenters. The normalized spacial score (nSPS) is 10.9. The third-order valence-electron chi connectivity index (χ3n) is 3.12. The van der Waals surface area contributed by atoms with Crippen LogP contribution in [-0.4, -0.2) is 4.40 Å². The van der Waals surface area contributed by atoms with Crippen LogP contribution in [0.5, 0.6) is 0 Å². The molecule has 3 aromatic rings. The summed E-state index contributed by atoms with van der Waals surface area (Å²) in [6.07, 6.45) is 4.35. The molecule has 1 aromatic carbocycles. The van der Waals surface area contributed by atoms with Crippen LogP contribution in [0.4, 0.5) is 0 Å². The first kappa shape index (κ1) is 10.2. The number of hydrogen-bond acceptors (Lipinski definition) is 0. The van der Waals surface area contributed by atoms with Crippen LogP contribution in [0.1, 0.15) is 11.1 Å². The van der Waals surface area contributed by atoms with Crippen molar-refractivity contribution in [2.75, 3.05) is 0 Å². The van der Waals surface area contributed by atoms with Gasteiger partial charge < -0.3 is 4.40 Å². The molecule has 2 aromatic heterocycles. The van der Waals surface area contributed by atoms with Gasteiger partial charge in [-0.25, -0.2) is 0 Å². The molecular weight excluding hydrogens is 206 g/mol. The summed E-state index contributed by atoms with van der Waals surface area (Å²) in [6.45, 7) is 4.23. The third-order valence-corrected chi connectivity index (χ3v) is 3.12. The second-order valence-electron chi connectivity index (χ2n) is 4.63. The number of aryl methyl sites for hydroxylation is 2. The Bertz CT molecular complexity index is 660. The Morgan fingerprint density at radius 1 is 0.706 bits per heavy atom. The van der Waals surface area contributed by atoms with E-state index in [-0.39, 0.29) is 0 Å². The minimum absolute atomic E-state index is 1.24. The van der Waals surface area contributed by atoms with E-state index < -0.39 is 0 Å². The highest BCUT2D eigenvalue weighted by Crippen LogP contribution is 2.23. The number of pyridine rings is 1. The summed E-state index contributed by atoms with van der Waals surface area (Å²) in [5.74, 6) is 0. The SMILES string of the molecule is Cc1ccc(-c2cc3ccc(C)cn3c2)cc1. The smallest absolute Gasteiger partial charge is 0.0456 e. The molecule has 0 N–H and O–H groups in total. The average molecular weight is 221 g/mol. The van der Waals surface area contributed by atoms with Gasteiger partial charge in [-0.1, -0.05) is 35.9 Å². The molecule has 0 bridgehead atoms. The highest BCUT2D eigenvalue weighted by molar-refractivity contribution is 5.70. The predicted molar refractivity (Wildman–Crippen MR) is 72.3 cm³/mol. The Hall–Kier alpha value is -2.02. The summed E-state index contributed by atoms with van der Waals surface area (Å²) in [5.41, 5.74) is 6.37. The van der Waals surface area contributed by atoms with Crippen molar-refractivity contribution in [3.63, 3.8) is 0 Å². The van der Waals surface area contributed by atoms with Gasteiger partial charge in [-0.3, -0.25) is 0 Å². The minimum Gasteiger partial charge on any atom is -0.323 e. The molecule has 0 unspecified atom stereocenters. The lowest BCUT2D eigenvalue weighted by Crippen LogP contribution is -1.81. The summed E-state index contributed by atoms with van der Waals surface area (Å²) in [7, 11) is 0. The Balaban J connectivity index is 2.14. The van der Waals surface area contributed by atoms with E-state index in [1.54, 1.807) is 0 Å². The Morgan fingerprint density at radius 3 is 2.18 bits per heavy atom. The van der Waals surface area contributed by atoms with E-state index >= 15 is 0 Å². The van der Waals surface area contributed by atoms with Crippen molar-refractivity contribution in [3.05, 3.63) is 66.0 Å². The van der Waals surface area contributed by atoms with Gasteiger partial charge in [0, 0.05) is 23.5 Å². The van der Waals surface area contributed by atoms with Crippen LogP contribution in [-0.2, 0) is 0 Å². The second-order valence-corrected chi connectivity index (χ2v) is 4.63. The van der Waals surface area contributed by atoms with Gasteiger partial charge in [0.1, 0.15) is 0 Å². The summed E-state index contributed by atoms with van der Waals surface area (Å²) < 4.78 is 2.19. The zero-order valence-corrected chi connectivity index (χ0v) is 10.1. The Kier molecular flexibility index (Phi) is 2.25. The zero-order valence-electron chi connectivity index (χ0n) is 10.1. The predicted octanol–water partition coefficient (Wildman–Crippen LogP) is 4.22.